The van der Waals surface area contributed by atoms with Gasteiger partial charge in [-0.3, -0.25) is 4.68 Å². The number of nitrogens with zero attached hydrogens (tertiary/aromatic N) is 2. The summed E-state index contributed by atoms with van der Waals surface area (Å²) in [4.78, 5) is 0. The zero-order valence-electron chi connectivity index (χ0n) is 8.87. The Morgan fingerprint density at radius 3 is 3.06 bits per heavy atom. The molecule has 7 heteroatoms. The predicted octanol–water partition coefficient (Wildman–Crippen LogP) is -0.245. The van der Waals surface area contributed by atoms with Gasteiger partial charge >= 0.3 is 0 Å². The molecule has 0 aliphatic carbocycles. The maximum Gasteiger partial charge on any atom is 0.199 e. The van der Waals surface area contributed by atoms with E-state index in [1.807, 2.05) is 0 Å². The summed E-state index contributed by atoms with van der Waals surface area (Å²) in [5, 5.41) is 4.01. The van der Waals surface area contributed by atoms with Crippen molar-refractivity contribution in [2.24, 2.45) is 5.73 Å². The Labute approximate surface area is 94.3 Å². The van der Waals surface area contributed by atoms with E-state index in [1.54, 1.807) is 10.9 Å². The molecule has 1 unspecified atom stereocenters. The maximum absolute atomic E-state index is 11.5. The Kier molecular flexibility index (Phi) is 3.15. The third-order valence-corrected chi connectivity index (χ3v) is 4.50. The zero-order chi connectivity index (χ0) is 11.6. The molecule has 0 aromatic carbocycles. The second-order valence-electron chi connectivity index (χ2n) is 3.78. The Bertz CT molecular complexity index is 454. The summed E-state index contributed by atoms with van der Waals surface area (Å²) in [5.41, 5.74) is 4.67. The highest BCUT2D eigenvalue weighted by molar-refractivity contribution is 7.92. The lowest BCUT2D eigenvalue weighted by molar-refractivity contribution is 0.272. The molecule has 6 nitrogen and oxygen atoms in total. The summed E-state index contributed by atoms with van der Waals surface area (Å²) in [5.74, 6) is 0.707. The van der Waals surface area contributed by atoms with Gasteiger partial charge in [0.25, 0.3) is 0 Å². The molecule has 0 saturated carbocycles. The summed E-state index contributed by atoms with van der Waals surface area (Å²) in [6.07, 6.45) is 4.42. The summed E-state index contributed by atoms with van der Waals surface area (Å²) in [7, 11) is -3.07. The molecule has 1 fully saturated rings. The van der Waals surface area contributed by atoms with Crippen molar-refractivity contribution < 1.29 is 13.2 Å². The smallest absolute Gasteiger partial charge is 0.199 e. The molecule has 0 radical (unpaired) electrons. The molecule has 0 bridgehead atoms. The fraction of sp³-hybridized carbons (Fsp3) is 0.667. The first kappa shape index (κ1) is 11.4. The number of sulfone groups is 1. The first-order valence-corrected chi connectivity index (χ1v) is 6.94. The van der Waals surface area contributed by atoms with E-state index in [0.717, 1.165) is 0 Å². The highest BCUT2D eigenvalue weighted by Crippen LogP contribution is 2.23. The standard InChI is InChI=1S/C9H15N3O3S/c10-3-4-12-7-8(6-11-12)15-9-2-1-5-16(9,13)14/h6-7,9H,1-5,10H2. The van der Waals surface area contributed by atoms with Crippen molar-refractivity contribution in [2.75, 3.05) is 12.3 Å². The van der Waals surface area contributed by atoms with Crippen LogP contribution in [0.2, 0.25) is 0 Å². The maximum atomic E-state index is 11.5. The van der Waals surface area contributed by atoms with E-state index in [2.05, 4.69) is 5.10 Å². The summed E-state index contributed by atoms with van der Waals surface area (Å²) in [6, 6.07) is 0. The van der Waals surface area contributed by atoms with Gasteiger partial charge in [-0.15, -0.1) is 0 Å². The van der Waals surface area contributed by atoms with E-state index >= 15 is 0 Å². The summed E-state index contributed by atoms with van der Waals surface area (Å²) >= 11 is 0. The number of aromatic nitrogens is 2. The fourth-order valence-corrected chi connectivity index (χ4v) is 3.32. The van der Waals surface area contributed by atoms with Crippen LogP contribution in [0.5, 0.6) is 5.75 Å². The quantitative estimate of drug-likeness (QED) is 0.790. The van der Waals surface area contributed by atoms with Crippen LogP contribution in [0.15, 0.2) is 12.4 Å². The van der Waals surface area contributed by atoms with Crippen LogP contribution < -0.4 is 10.5 Å². The van der Waals surface area contributed by atoms with E-state index in [0.29, 0.717) is 31.7 Å². The average Bonchev–Trinajstić information content (AvgIpc) is 2.76. The normalized spacial score (nSPS) is 23.4. The summed E-state index contributed by atoms with van der Waals surface area (Å²) < 4.78 is 30.1. The molecule has 1 aromatic rings. The molecular formula is C9H15N3O3S. The summed E-state index contributed by atoms with van der Waals surface area (Å²) in [6.45, 7) is 1.09. The van der Waals surface area contributed by atoms with Gasteiger partial charge in [-0.2, -0.15) is 5.10 Å². The van der Waals surface area contributed by atoms with Crippen molar-refractivity contribution in [3.63, 3.8) is 0 Å². The van der Waals surface area contributed by atoms with Crippen LogP contribution >= 0.6 is 0 Å². The molecule has 1 atom stereocenters. The number of hydrogen-bond donors (Lipinski definition) is 1. The molecule has 2 N–H and O–H groups in total. The van der Waals surface area contributed by atoms with Gasteiger partial charge in [-0.05, 0) is 12.8 Å². The van der Waals surface area contributed by atoms with Gasteiger partial charge in [0.05, 0.1) is 24.7 Å². The Morgan fingerprint density at radius 1 is 1.62 bits per heavy atom. The van der Waals surface area contributed by atoms with E-state index in [-0.39, 0.29) is 5.75 Å². The Morgan fingerprint density at radius 2 is 2.44 bits per heavy atom. The van der Waals surface area contributed by atoms with Crippen LogP contribution in [-0.4, -0.2) is 35.9 Å². The van der Waals surface area contributed by atoms with Gasteiger partial charge in [0.2, 0.25) is 0 Å². The lowest BCUT2D eigenvalue weighted by Gasteiger charge is -2.10. The van der Waals surface area contributed by atoms with Crippen molar-refractivity contribution >= 4 is 9.84 Å². The van der Waals surface area contributed by atoms with Crippen molar-refractivity contribution in [3.05, 3.63) is 12.4 Å². The van der Waals surface area contributed by atoms with Gasteiger partial charge in [0, 0.05) is 6.54 Å². The van der Waals surface area contributed by atoms with Crippen LogP contribution in [0.25, 0.3) is 0 Å². The van der Waals surface area contributed by atoms with Crippen LogP contribution in [0.1, 0.15) is 12.8 Å². The van der Waals surface area contributed by atoms with Crippen LogP contribution in [0, 0.1) is 0 Å². The molecule has 0 spiro atoms. The molecular weight excluding hydrogens is 230 g/mol. The topological polar surface area (TPSA) is 87.2 Å². The fourth-order valence-electron chi connectivity index (χ4n) is 1.71. The molecule has 16 heavy (non-hydrogen) atoms. The molecule has 1 aliphatic rings. The number of nitrogens with two attached hydrogens (primary N) is 1. The van der Waals surface area contributed by atoms with Gasteiger partial charge in [-0.1, -0.05) is 0 Å². The Hall–Kier alpha value is -1.08. The van der Waals surface area contributed by atoms with Gasteiger partial charge in [-0.25, -0.2) is 8.42 Å². The zero-order valence-corrected chi connectivity index (χ0v) is 9.69. The molecule has 90 valence electrons. The lowest BCUT2D eigenvalue weighted by atomic mass is 10.4. The van der Waals surface area contributed by atoms with E-state index in [4.69, 9.17) is 10.5 Å². The van der Waals surface area contributed by atoms with Crippen LogP contribution in [0.4, 0.5) is 0 Å². The highest BCUT2D eigenvalue weighted by Gasteiger charge is 2.33. The highest BCUT2D eigenvalue weighted by atomic mass is 32.2. The van der Waals surface area contributed by atoms with E-state index < -0.39 is 15.3 Å². The molecule has 1 saturated heterocycles. The number of hydrogen-bond acceptors (Lipinski definition) is 5. The molecule has 1 aromatic heterocycles. The van der Waals surface area contributed by atoms with Gasteiger partial charge in [0.1, 0.15) is 0 Å². The van der Waals surface area contributed by atoms with Crippen LogP contribution in [-0.2, 0) is 16.4 Å². The molecule has 2 heterocycles. The molecule has 0 amide bonds. The monoisotopic (exact) mass is 245 g/mol. The first-order chi connectivity index (χ1) is 7.62. The minimum absolute atomic E-state index is 0.217. The molecule has 1 aliphatic heterocycles. The van der Waals surface area contributed by atoms with Gasteiger partial charge in [0.15, 0.2) is 21.0 Å². The lowest BCUT2D eigenvalue weighted by Crippen LogP contribution is -2.22. The Balaban J connectivity index is 2.03. The van der Waals surface area contributed by atoms with Crippen molar-refractivity contribution in [1.82, 2.24) is 9.78 Å². The third-order valence-electron chi connectivity index (χ3n) is 2.50. The largest absolute Gasteiger partial charge is 0.471 e. The first-order valence-electron chi connectivity index (χ1n) is 5.22. The number of ether oxygens (including phenoxy) is 1. The van der Waals surface area contributed by atoms with Gasteiger partial charge < -0.3 is 10.5 Å². The van der Waals surface area contributed by atoms with Crippen molar-refractivity contribution in [1.29, 1.82) is 0 Å². The number of rotatable bonds is 4. The molecule has 2 rings (SSSR count). The van der Waals surface area contributed by atoms with Crippen molar-refractivity contribution in [3.8, 4) is 5.75 Å². The third kappa shape index (κ3) is 2.35. The second kappa shape index (κ2) is 4.42. The van der Waals surface area contributed by atoms with Crippen molar-refractivity contribution in [2.45, 2.75) is 24.8 Å². The SMILES string of the molecule is NCCn1cc(OC2CCCS2(=O)=O)cn1. The van der Waals surface area contributed by atoms with E-state index in [1.165, 1.54) is 6.20 Å². The second-order valence-corrected chi connectivity index (χ2v) is 6.04. The van der Waals surface area contributed by atoms with E-state index in [9.17, 15) is 8.42 Å². The van der Waals surface area contributed by atoms with Crippen LogP contribution in [0.3, 0.4) is 0 Å². The predicted molar refractivity (Wildman–Crippen MR) is 58.7 cm³/mol. The average molecular weight is 245 g/mol. The minimum atomic E-state index is -3.07. The minimum Gasteiger partial charge on any atom is -0.471 e.